The number of hydrogen-bond acceptors (Lipinski definition) is 9. The number of amides is 1. The third-order valence-electron chi connectivity index (χ3n) is 6.20. The molecular formula is C27H28N6O5S. The Bertz CT molecular complexity index is 1600. The molecule has 1 aromatic heterocycles. The summed E-state index contributed by atoms with van der Waals surface area (Å²) >= 11 is 0. The molecule has 2 heterocycles. The SMILES string of the molecule is COc1cc(Nc2nc3ccccc3nc2NS(=O)(=O)c2cccc(NC(=O)C3CCCN3)c2)cc(OC)c1. The quantitative estimate of drug-likeness (QED) is 0.245. The van der Waals surface area contributed by atoms with Gasteiger partial charge in [-0.25, -0.2) is 18.4 Å². The first kappa shape index (κ1) is 26.2. The second-order valence-corrected chi connectivity index (χ2v) is 10.6. The summed E-state index contributed by atoms with van der Waals surface area (Å²) in [5, 5.41) is 9.05. The number of carbonyl (C=O) groups is 1. The summed E-state index contributed by atoms with van der Waals surface area (Å²) in [6.07, 6.45) is 1.66. The number of benzene rings is 3. The van der Waals surface area contributed by atoms with Gasteiger partial charge in [0.25, 0.3) is 10.0 Å². The van der Waals surface area contributed by atoms with Gasteiger partial charge in [0.2, 0.25) is 5.91 Å². The molecule has 5 rings (SSSR count). The monoisotopic (exact) mass is 548 g/mol. The summed E-state index contributed by atoms with van der Waals surface area (Å²) in [5.41, 5.74) is 2.02. The third kappa shape index (κ3) is 6.02. The smallest absolute Gasteiger partial charge is 0.263 e. The van der Waals surface area contributed by atoms with Crippen LogP contribution in [0.3, 0.4) is 0 Å². The summed E-state index contributed by atoms with van der Waals surface area (Å²) in [5.74, 6) is 1.07. The summed E-state index contributed by atoms with van der Waals surface area (Å²) in [4.78, 5) is 21.6. The van der Waals surface area contributed by atoms with Crippen LogP contribution in [0.1, 0.15) is 12.8 Å². The molecule has 3 aromatic carbocycles. The van der Waals surface area contributed by atoms with E-state index >= 15 is 0 Å². The van der Waals surface area contributed by atoms with Gasteiger partial charge < -0.3 is 25.4 Å². The minimum Gasteiger partial charge on any atom is -0.497 e. The minimum absolute atomic E-state index is 0.0000750. The number of nitrogens with zero attached hydrogens (tertiary/aromatic N) is 2. The molecule has 4 aromatic rings. The number of ether oxygens (including phenoxy) is 2. The Kier molecular flexibility index (Phi) is 7.48. The maximum Gasteiger partial charge on any atom is 0.263 e. The van der Waals surface area contributed by atoms with Crippen LogP contribution < -0.4 is 30.1 Å². The molecule has 1 atom stereocenters. The number of carbonyl (C=O) groups excluding carboxylic acids is 1. The zero-order valence-corrected chi connectivity index (χ0v) is 22.2. The molecular weight excluding hydrogens is 520 g/mol. The fourth-order valence-corrected chi connectivity index (χ4v) is 5.29. The van der Waals surface area contributed by atoms with Crippen LogP contribution in [0.2, 0.25) is 0 Å². The van der Waals surface area contributed by atoms with Gasteiger partial charge >= 0.3 is 0 Å². The molecule has 1 fully saturated rings. The van der Waals surface area contributed by atoms with Crippen LogP contribution in [0.15, 0.2) is 71.6 Å². The molecule has 0 saturated carbocycles. The molecule has 1 amide bonds. The second-order valence-electron chi connectivity index (χ2n) is 8.91. The lowest BCUT2D eigenvalue weighted by molar-refractivity contribution is -0.117. The molecule has 4 N–H and O–H groups in total. The molecule has 0 aliphatic carbocycles. The molecule has 0 spiro atoms. The fourth-order valence-electron chi connectivity index (χ4n) is 4.24. The highest BCUT2D eigenvalue weighted by molar-refractivity contribution is 7.92. The molecule has 1 saturated heterocycles. The Morgan fingerprint density at radius 3 is 2.23 bits per heavy atom. The molecule has 39 heavy (non-hydrogen) atoms. The van der Waals surface area contributed by atoms with Gasteiger partial charge in [0, 0.05) is 29.6 Å². The first-order chi connectivity index (χ1) is 18.8. The van der Waals surface area contributed by atoms with Crippen LogP contribution in [0, 0.1) is 0 Å². The van der Waals surface area contributed by atoms with Crippen molar-refractivity contribution in [2.24, 2.45) is 0 Å². The van der Waals surface area contributed by atoms with Crippen molar-refractivity contribution in [1.29, 1.82) is 0 Å². The number of para-hydroxylation sites is 2. The van der Waals surface area contributed by atoms with Crippen molar-refractivity contribution in [1.82, 2.24) is 15.3 Å². The second kappa shape index (κ2) is 11.1. The Morgan fingerprint density at radius 1 is 0.897 bits per heavy atom. The summed E-state index contributed by atoms with van der Waals surface area (Å²) in [6, 6.07) is 18.1. The van der Waals surface area contributed by atoms with Gasteiger partial charge in [0.05, 0.1) is 36.2 Å². The molecule has 1 unspecified atom stereocenters. The molecule has 0 radical (unpaired) electrons. The minimum atomic E-state index is -4.11. The molecule has 202 valence electrons. The third-order valence-corrected chi connectivity index (χ3v) is 7.54. The molecule has 1 aliphatic heterocycles. The maximum atomic E-state index is 13.5. The number of fused-ring (bicyclic) bond motifs is 1. The van der Waals surface area contributed by atoms with Gasteiger partial charge in [0.1, 0.15) is 11.5 Å². The number of nitrogens with one attached hydrogen (secondary N) is 4. The Labute approximate surface area is 226 Å². The number of aromatic nitrogens is 2. The van der Waals surface area contributed by atoms with Crippen LogP contribution in [0.5, 0.6) is 11.5 Å². The first-order valence-electron chi connectivity index (χ1n) is 12.3. The van der Waals surface area contributed by atoms with Gasteiger partial charge in [0.15, 0.2) is 11.6 Å². The largest absolute Gasteiger partial charge is 0.497 e. The van der Waals surface area contributed by atoms with Crippen LogP contribution in [-0.2, 0) is 14.8 Å². The van der Waals surface area contributed by atoms with Gasteiger partial charge in [-0.1, -0.05) is 18.2 Å². The molecule has 1 aliphatic rings. The zero-order chi connectivity index (χ0) is 27.4. The van der Waals surface area contributed by atoms with E-state index in [2.05, 4.69) is 30.6 Å². The van der Waals surface area contributed by atoms with E-state index in [-0.39, 0.29) is 28.5 Å². The summed E-state index contributed by atoms with van der Waals surface area (Å²) in [7, 11) is -1.04. The van der Waals surface area contributed by atoms with Crippen molar-refractivity contribution in [3.63, 3.8) is 0 Å². The molecule has 12 heteroatoms. The van der Waals surface area contributed by atoms with E-state index in [1.165, 1.54) is 26.4 Å². The average molecular weight is 549 g/mol. The standard InChI is InChI=1S/C27H28N6O5S/c1-37-19-13-18(14-20(16-19)38-2)29-25-26(32-23-10-4-3-9-22(23)31-25)33-39(35,36)21-8-5-7-17(15-21)30-27(34)24-11-6-12-28-24/h3-5,7-10,13-16,24,28H,6,11-12H2,1-2H3,(H,29,31)(H,30,34)(H,32,33). The van der Waals surface area contributed by atoms with E-state index < -0.39 is 10.0 Å². The van der Waals surface area contributed by atoms with Crippen molar-refractivity contribution in [3.05, 3.63) is 66.7 Å². The normalized spacial score (nSPS) is 15.1. The van der Waals surface area contributed by atoms with Crippen molar-refractivity contribution in [3.8, 4) is 11.5 Å². The lowest BCUT2D eigenvalue weighted by Gasteiger charge is -2.16. The Morgan fingerprint density at radius 2 is 1.59 bits per heavy atom. The number of rotatable bonds is 9. The Balaban J connectivity index is 1.47. The van der Waals surface area contributed by atoms with Crippen LogP contribution in [-0.4, -0.2) is 51.1 Å². The van der Waals surface area contributed by atoms with Crippen LogP contribution in [0.25, 0.3) is 11.0 Å². The lowest BCUT2D eigenvalue weighted by Crippen LogP contribution is -2.35. The summed E-state index contributed by atoms with van der Waals surface area (Å²) < 4.78 is 40.2. The lowest BCUT2D eigenvalue weighted by atomic mass is 10.2. The van der Waals surface area contributed by atoms with E-state index in [4.69, 9.17) is 9.47 Å². The average Bonchev–Trinajstić information content (AvgIpc) is 3.48. The highest BCUT2D eigenvalue weighted by Crippen LogP contribution is 2.31. The summed E-state index contributed by atoms with van der Waals surface area (Å²) in [6.45, 7) is 0.780. The number of hydrogen-bond donors (Lipinski definition) is 4. The van der Waals surface area contributed by atoms with Crippen LogP contribution in [0.4, 0.5) is 23.0 Å². The van der Waals surface area contributed by atoms with E-state index in [0.717, 1.165) is 19.4 Å². The van der Waals surface area contributed by atoms with Gasteiger partial charge in [-0.05, 0) is 49.7 Å². The number of sulfonamides is 1. The van der Waals surface area contributed by atoms with Crippen molar-refractivity contribution < 1.29 is 22.7 Å². The van der Waals surface area contributed by atoms with E-state index in [9.17, 15) is 13.2 Å². The van der Waals surface area contributed by atoms with Crippen molar-refractivity contribution in [2.75, 3.05) is 36.1 Å². The van der Waals surface area contributed by atoms with Gasteiger partial charge in [-0.15, -0.1) is 0 Å². The first-order valence-corrected chi connectivity index (χ1v) is 13.8. The number of anilines is 4. The van der Waals surface area contributed by atoms with Crippen LogP contribution >= 0.6 is 0 Å². The van der Waals surface area contributed by atoms with Gasteiger partial charge in [-0.3, -0.25) is 9.52 Å². The predicted octanol–water partition coefficient (Wildman–Crippen LogP) is 3.88. The van der Waals surface area contributed by atoms with E-state index in [1.807, 2.05) is 6.07 Å². The highest BCUT2D eigenvalue weighted by atomic mass is 32.2. The van der Waals surface area contributed by atoms with Crippen molar-refractivity contribution in [2.45, 2.75) is 23.8 Å². The van der Waals surface area contributed by atoms with Crippen molar-refractivity contribution >= 4 is 50.0 Å². The maximum absolute atomic E-state index is 13.5. The highest BCUT2D eigenvalue weighted by Gasteiger charge is 2.23. The molecule has 11 nitrogen and oxygen atoms in total. The zero-order valence-electron chi connectivity index (χ0n) is 21.4. The molecule has 0 bridgehead atoms. The van der Waals surface area contributed by atoms with E-state index in [0.29, 0.717) is 33.9 Å². The topological polar surface area (TPSA) is 144 Å². The Hall–Kier alpha value is -4.42. The number of methoxy groups -OCH3 is 2. The van der Waals surface area contributed by atoms with E-state index in [1.54, 1.807) is 48.5 Å². The predicted molar refractivity (Wildman–Crippen MR) is 149 cm³/mol. The fraction of sp³-hybridized carbons (Fsp3) is 0.222. The van der Waals surface area contributed by atoms with Gasteiger partial charge in [-0.2, -0.15) is 0 Å².